The van der Waals surface area contributed by atoms with Crippen molar-refractivity contribution in [3.8, 4) is 0 Å². The number of hydrogen-bond donors (Lipinski definition) is 1. The Hall–Kier alpha value is 0.310. The quantitative estimate of drug-likeness (QED) is 0.545. The van der Waals surface area contributed by atoms with Gasteiger partial charge in [0.1, 0.15) is 0 Å². The van der Waals surface area contributed by atoms with Crippen molar-refractivity contribution < 1.29 is 0 Å². The van der Waals surface area contributed by atoms with Gasteiger partial charge in [0.2, 0.25) is 0 Å². The van der Waals surface area contributed by atoms with E-state index in [1.54, 1.807) is 0 Å². The normalized spacial score (nSPS) is 42.7. The smallest absolute Gasteiger partial charge is 0.00959 e. The molecule has 2 aliphatic heterocycles. The van der Waals surface area contributed by atoms with Gasteiger partial charge in [0, 0.05) is 5.25 Å². The third kappa shape index (κ3) is 1.10. The predicted molar refractivity (Wildman–Crippen MR) is 41.8 cm³/mol. The molecular formula is C7H13NS. The van der Waals surface area contributed by atoms with Crippen LogP contribution in [0, 0.1) is 5.92 Å². The van der Waals surface area contributed by atoms with Crippen LogP contribution in [0.25, 0.3) is 0 Å². The van der Waals surface area contributed by atoms with Crippen LogP contribution in [-0.4, -0.2) is 24.1 Å². The second-order valence-corrected chi connectivity index (χ2v) is 4.25. The van der Waals surface area contributed by atoms with Crippen LogP contribution in [0.15, 0.2) is 0 Å². The van der Waals surface area contributed by atoms with Crippen molar-refractivity contribution in [3.63, 3.8) is 0 Å². The van der Waals surface area contributed by atoms with Gasteiger partial charge >= 0.3 is 0 Å². The van der Waals surface area contributed by atoms with Crippen molar-refractivity contribution >= 4 is 11.8 Å². The third-order valence-electron chi connectivity index (χ3n) is 2.30. The molecule has 2 rings (SSSR count). The van der Waals surface area contributed by atoms with Crippen molar-refractivity contribution in [3.05, 3.63) is 0 Å². The molecule has 0 aromatic rings. The maximum absolute atomic E-state index is 3.47. The standard InChI is InChI=1S/C7H13NS/c1-2-7-6(5-9-7)4-8-3-1/h6-8H,1-5H2. The van der Waals surface area contributed by atoms with Gasteiger partial charge in [-0.15, -0.1) is 0 Å². The van der Waals surface area contributed by atoms with E-state index < -0.39 is 0 Å². The fourth-order valence-electron chi connectivity index (χ4n) is 1.59. The Morgan fingerprint density at radius 2 is 2.44 bits per heavy atom. The van der Waals surface area contributed by atoms with Gasteiger partial charge in [-0.2, -0.15) is 11.8 Å². The van der Waals surface area contributed by atoms with Gasteiger partial charge in [-0.3, -0.25) is 0 Å². The molecule has 2 aliphatic rings. The van der Waals surface area contributed by atoms with Crippen LogP contribution in [0.2, 0.25) is 0 Å². The zero-order valence-electron chi connectivity index (χ0n) is 5.60. The summed E-state index contributed by atoms with van der Waals surface area (Å²) in [6.07, 6.45) is 2.86. The molecule has 2 atom stereocenters. The van der Waals surface area contributed by atoms with Crippen LogP contribution in [0.5, 0.6) is 0 Å². The summed E-state index contributed by atoms with van der Waals surface area (Å²) in [5.74, 6) is 2.44. The Labute approximate surface area is 60.6 Å². The van der Waals surface area contributed by atoms with Gasteiger partial charge in [-0.05, 0) is 37.6 Å². The van der Waals surface area contributed by atoms with E-state index in [2.05, 4.69) is 17.1 Å². The number of thioether (sulfide) groups is 1. The van der Waals surface area contributed by atoms with Crippen molar-refractivity contribution in [1.82, 2.24) is 5.32 Å². The van der Waals surface area contributed by atoms with Gasteiger partial charge < -0.3 is 5.32 Å². The van der Waals surface area contributed by atoms with Crippen LogP contribution in [0.1, 0.15) is 12.8 Å². The fourth-order valence-corrected chi connectivity index (χ4v) is 2.88. The summed E-state index contributed by atoms with van der Waals surface area (Å²) in [6, 6.07) is 0. The molecule has 2 fully saturated rings. The molecule has 0 bridgehead atoms. The number of nitrogens with one attached hydrogen (secondary N) is 1. The molecule has 52 valence electrons. The van der Waals surface area contributed by atoms with Gasteiger partial charge in [0.25, 0.3) is 0 Å². The highest BCUT2D eigenvalue weighted by Gasteiger charge is 2.31. The predicted octanol–water partition coefficient (Wildman–Crippen LogP) is 1.10. The molecule has 1 nitrogen and oxygen atoms in total. The summed E-state index contributed by atoms with van der Waals surface area (Å²) in [5.41, 5.74) is 0. The lowest BCUT2D eigenvalue weighted by atomic mass is 10.0. The van der Waals surface area contributed by atoms with Crippen LogP contribution in [0.3, 0.4) is 0 Å². The first-order valence-corrected chi connectivity index (χ1v) is 4.84. The van der Waals surface area contributed by atoms with E-state index in [0.29, 0.717) is 0 Å². The van der Waals surface area contributed by atoms with E-state index in [4.69, 9.17) is 0 Å². The van der Waals surface area contributed by atoms with E-state index in [1.807, 2.05) is 0 Å². The average molecular weight is 143 g/mol. The fraction of sp³-hybridized carbons (Fsp3) is 1.00. The molecule has 0 radical (unpaired) electrons. The molecule has 0 spiro atoms. The van der Waals surface area contributed by atoms with Gasteiger partial charge in [-0.25, -0.2) is 0 Å². The second-order valence-electron chi connectivity index (χ2n) is 2.98. The Bertz CT molecular complexity index is 93.1. The van der Waals surface area contributed by atoms with Crippen LogP contribution in [0.4, 0.5) is 0 Å². The van der Waals surface area contributed by atoms with Crippen LogP contribution >= 0.6 is 11.8 Å². The lowest BCUT2D eigenvalue weighted by Crippen LogP contribution is -2.35. The Balaban J connectivity index is 1.90. The first kappa shape index (κ1) is 6.05. The zero-order chi connectivity index (χ0) is 6.10. The van der Waals surface area contributed by atoms with E-state index in [1.165, 1.54) is 31.7 Å². The lowest BCUT2D eigenvalue weighted by Gasteiger charge is -2.34. The Morgan fingerprint density at radius 3 is 3.22 bits per heavy atom. The third-order valence-corrected chi connectivity index (χ3v) is 3.97. The highest BCUT2D eigenvalue weighted by molar-refractivity contribution is 8.01. The molecule has 9 heavy (non-hydrogen) atoms. The SMILES string of the molecule is C1CNCC2CSC2C1. The largest absolute Gasteiger partial charge is 0.316 e. The molecule has 0 saturated carbocycles. The molecule has 0 aromatic heterocycles. The highest BCUT2D eigenvalue weighted by Crippen LogP contribution is 2.37. The minimum Gasteiger partial charge on any atom is -0.316 e. The Kier molecular flexibility index (Phi) is 1.68. The summed E-state index contributed by atoms with van der Waals surface area (Å²) < 4.78 is 0. The summed E-state index contributed by atoms with van der Waals surface area (Å²) in [7, 11) is 0. The molecule has 2 heteroatoms. The summed E-state index contributed by atoms with van der Waals surface area (Å²) in [6.45, 7) is 2.55. The minimum atomic E-state index is 1.03. The molecule has 0 amide bonds. The van der Waals surface area contributed by atoms with Crippen molar-refractivity contribution in [2.75, 3.05) is 18.8 Å². The van der Waals surface area contributed by atoms with Gasteiger partial charge in [0.15, 0.2) is 0 Å². The topological polar surface area (TPSA) is 12.0 Å². The monoisotopic (exact) mass is 143 g/mol. The molecule has 1 N–H and O–H groups in total. The van der Waals surface area contributed by atoms with E-state index >= 15 is 0 Å². The zero-order valence-corrected chi connectivity index (χ0v) is 6.41. The molecule has 0 aliphatic carbocycles. The Morgan fingerprint density at radius 1 is 1.44 bits per heavy atom. The maximum atomic E-state index is 3.47. The molecule has 2 unspecified atom stereocenters. The summed E-state index contributed by atoms with van der Waals surface area (Å²) in [5, 5.41) is 4.49. The van der Waals surface area contributed by atoms with Crippen LogP contribution in [-0.2, 0) is 0 Å². The van der Waals surface area contributed by atoms with Gasteiger partial charge in [0.05, 0.1) is 0 Å². The van der Waals surface area contributed by atoms with E-state index in [-0.39, 0.29) is 0 Å². The molecule has 2 saturated heterocycles. The summed E-state index contributed by atoms with van der Waals surface area (Å²) in [4.78, 5) is 0. The van der Waals surface area contributed by atoms with Crippen molar-refractivity contribution in [2.45, 2.75) is 18.1 Å². The highest BCUT2D eigenvalue weighted by atomic mass is 32.2. The van der Waals surface area contributed by atoms with Crippen molar-refractivity contribution in [2.24, 2.45) is 5.92 Å². The summed E-state index contributed by atoms with van der Waals surface area (Å²) >= 11 is 2.16. The first-order valence-electron chi connectivity index (χ1n) is 3.79. The minimum absolute atomic E-state index is 1.03. The molecule has 0 aromatic carbocycles. The number of rotatable bonds is 0. The maximum Gasteiger partial charge on any atom is 0.00959 e. The van der Waals surface area contributed by atoms with Crippen LogP contribution < -0.4 is 5.32 Å². The van der Waals surface area contributed by atoms with Gasteiger partial charge in [-0.1, -0.05) is 0 Å². The van der Waals surface area contributed by atoms with E-state index in [9.17, 15) is 0 Å². The second kappa shape index (κ2) is 2.51. The van der Waals surface area contributed by atoms with E-state index in [0.717, 1.165) is 11.2 Å². The lowest BCUT2D eigenvalue weighted by molar-refractivity contribution is 0.513. The molecule has 2 heterocycles. The van der Waals surface area contributed by atoms with Crippen molar-refractivity contribution in [1.29, 1.82) is 0 Å². The first-order chi connectivity index (χ1) is 4.47. The number of fused-ring (bicyclic) bond motifs is 1. The average Bonchev–Trinajstić information content (AvgIpc) is 1.94. The number of hydrogen-bond acceptors (Lipinski definition) is 2. The molecular weight excluding hydrogens is 130 g/mol.